The van der Waals surface area contributed by atoms with Crippen molar-refractivity contribution in [2.75, 3.05) is 6.54 Å². The summed E-state index contributed by atoms with van der Waals surface area (Å²) in [5.41, 5.74) is 5.98. The molecular formula is C13H22ClN3S. The van der Waals surface area contributed by atoms with Gasteiger partial charge in [-0.2, -0.15) is 0 Å². The van der Waals surface area contributed by atoms with Crippen LogP contribution in [0.2, 0.25) is 4.34 Å². The number of aromatic nitrogens is 1. The summed E-state index contributed by atoms with van der Waals surface area (Å²) in [4.78, 5) is 6.92. The monoisotopic (exact) mass is 287 g/mol. The minimum Gasteiger partial charge on any atom is -0.328 e. The molecule has 1 aromatic rings. The highest BCUT2D eigenvalue weighted by atomic mass is 35.5. The molecular weight excluding hydrogens is 266 g/mol. The highest BCUT2D eigenvalue weighted by Gasteiger charge is 2.24. The maximum absolute atomic E-state index is 5.98. The smallest absolute Gasteiger partial charge is 0.113 e. The predicted octanol–water partition coefficient (Wildman–Crippen LogP) is 3.28. The molecule has 3 nitrogen and oxygen atoms in total. The lowest BCUT2D eigenvalue weighted by molar-refractivity contribution is 0.142. The Morgan fingerprint density at radius 1 is 1.44 bits per heavy atom. The average molecular weight is 288 g/mol. The van der Waals surface area contributed by atoms with Gasteiger partial charge in [-0.1, -0.05) is 18.5 Å². The molecule has 0 amide bonds. The van der Waals surface area contributed by atoms with Gasteiger partial charge in [0.2, 0.25) is 0 Å². The lowest BCUT2D eigenvalue weighted by Gasteiger charge is -2.35. The molecule has 0 aliphatic heterocycles. The fraction of sp³-hybridized carbons (Fsp3) is 0.769. The van der Waals surface area contributed by atoms with Crippen molar-refractivity contribution in [3.63, 3.8) is 0 Å². The van der Waals surface area contributed by atoms with Gasteiger partial charge >= 0.3 is 0 Å². The van der Waals surface area contributed by atoms with Crippen molar-refractivity contribution in [3.8, 4) is 0 Å². The van der Waals surface area contributed by atoms with Crippen molar-refractivity contribution < 1.29 is 0 Å². The summed E-state index contributed by atoms with van der Waals surface area (Å²) in [5.74, 6) is 0. The molecule has 0 atom stereocenters. The van der Waals surface area contributed by atoms with Crippen LogP contribution < -0.4 is 5.73 Å². The maximum Gasteiger partial charge on any atom is 0.113 e. The minimum absolute atomic E-state index is 0.416. The minimum atomic E-state index is 0.416. The van der Waals surface area contributed by atoms with E-state index in [1.54, 1.807) is 17.5 Å². The van der Waals surface area contributed by atoms with Crippen LogP contribution in [0.1, 0.15) is 44.0 Å². The third kappa shape index (κ3) is 3.92. The van der Waals surface area contributed by atoms with Crippen LogP contribution in [0.15, 0.2) is 6.20 Å². The Morgan fingerprint density at radius 2 is 2.17 bits per heavy atom. The van der Waals surface area contributed by atoms with Crippen LogP contribution in [0.25, 0.3) is 0 Å². The molecule has 1 aliphatic rings. The molecule has 0 radical (unpaired) electrons. The summed E-state index contributed by atoms with van der Waals surface area (Å²) in [6, 6.07) is 1.09. The Labute approximate surface area is 118 Å². The topological polar surface area (TPSA) is 42.2 Å². The van der Waals surface area contributed by atoms with Gasteiger partial charge < -0.3 is 5.73 Å². The number of halogens is 1. The molecule has 0 bridgehead atoms. The first-order chi connectivity index (χ1) is 8.69. The van der Waals surface area contributed by atoms with Gasteiger partial charge in [-0.3, -0.25) is 4.90 Å². The van der Waals surface area contributed by atoms with E-state index in [1.807, 2.05) is 0 Å². The quantitative estimate of drug-likeness (QED) is 0.904. The number of rotatable bonds is 5. The highest BCUT2D eigenvalue weighted by Crippen LogP contribution is 2.26. The number of thiazole rings is 1. The zero-order valence-corrected chi connectivity index (χ0v) is 12.5. The summed E-state index contributed by atoms with van der Waals surface area (Å²) < 4.78 is 0.784. The number of hydrogen-bond acceptors (Lipinski definition) is 4. The van der Waals surface area contributed by atoms with E-state index >= 15 is 0 Å². The van der Waals surface area contributed by atoms with Crippen molar-refractivity contribution in [1.29, 1.82) is 0 Å². The molecule has 1 fully saturated rings. The van der Waals surface area contributed by atoms with Crippen molar-refractivity contribution in [2.24, 2.45) is 5.73 Å². The van der Waals surface area contributed by atoms with Gasteiger partial charge in [-0.25, -0.2) is 4.98 Å². The van der Waals surface area contributed by atoms with Crippen LogP contribution in [0, 0.1) is 0 Å². The number of nitrogens with zero attached hydrogens (tertiary/aromatic N) is 2. The van der Waals surface area contributed by atoms with E-state index < -0.39 is 0 Å². The second-order valence-corrected chi connectivity index (χ2v) is 6.84. The van der Waals surface area contributed by atoms with Gasteiger partial charge in [0, 0.05) is 12.1 Å². The fourth-order valence-corrected chi connectivity index (χ4v) is 3.66. The van der Waals surface area contributed by atoms with E-state index in [0.717, 1.165) is 35.3 Å². The Morgan fingerprint density at radius 3 is 2.72 bits per heavy atom. The molecule has 1 heterocycles. The second-order valence-electron chi connectivity index (χ2n) is 5.10. The molecule has 2 rings (SSSR count). The summed E-state index contributed by atoms with van der Waals surface area (Å²) in [6.45, 7) is 4.30. The normalized spacial score (nSPS) is 24.7. The van der Waals surface area contributed by atoms with Crippen LogP contribution in [-0.2, 0) is 6.54 Å². The summed E-state index contributed by atoms with van der Waals surface area (Å²) in [7, 11) is 0. The number of nitrogens with two attached hydrogens (primary N) is 1. The van der Waals surface area contributed by atoms with E-state index in [9.17, 15) is 0 Å². The SMILES string of the molecule is CCCN(Cc1ncc(Cl)s1)C1CCC(N)CC1. The van der Waals surface area contributed by atoms with E-state index in [1.165, 1.54) is 19.3 Å². The summed E-state index contributed by atoms with van der Waals surface area (Å²) >= 11 is 7.54. The van der Waals surface area contributed by atoms with E-state index in [2.05, 4.69) is 16.8 Å². The average Bonchev–Trinajstić information content (AvgIpc) is 2.75. The lowest BCUT2D eigenvalue weighted by Crippen LogP contribution is -2.40. The van der Waals surface area contributed by atoms with Crippen LogP contribution in [0.3, 0.4) is 0 Å². The Balaban J connectivity index is 1.94. The van der Waals surface area contributed by atoms with Gasteiger partial charge in [0.1, 0.15) is 9.34 Å². The van der Waals surface area contributed by atoms with Gasteiger partial charge in [0.15, 0.2) is 0 Å². The van der Waals surface area contributed by atoms with Gasteiger partial charge in [-0.05, 0) is 38.6 Å². The van der Waals surface area contributed by atoms with Gasteiger partial charge in [0.05, 0.1) is 12.7 Å². The molecule has 0 aromatic carbocycles. The molecule has 2 N–H and O–H groups in total. The molecule has 5 heteroatoms. The van der Waals surface area contributed by atoms with E-state index in [-0.39, 0.29) is 0 Å². The standard InChI is InChI=1S/C13H22ClN3S/c1-2-7-17(9-13-16-8-12(14)18-13)11-5-3-10(15)4-6-11/h8,10-11H,2-7,9,15H2,1H3. The second kappa shape index (κ2) is 6.85. The first-order valence-corrected chi connectivity index (χ1v) is 7.98. The summed E-state index contributed by atoms with van der Waals surface area (Å²) in [5, 5.41) is 1.13. The van der Waals surface area contributed by atoms with Gasteiger partial charge in [-0.15, -0.1) is 11.3 Å². The predicted molar refractivity (Wildman–Crippen MR) is 78.1 cm³/mol. The third-order valence-corrected chi connectivity index (χ3v) is 4.73. The molecule has 0 unspecified atom stereocenters. The van der Waals surface area contributed by atoms with Crippen molar-refractivity contribution >= 4 is 22.9 Å². The summed E-state index contributed by atoms with van der Waals surface area (Å²) in [6.07, 6.45) is 7.69. The largest absolute Gasteiger partial charge is 0.328 e. The highest BCUT2D eigenvalue weighted by molar-refractivity contribution is 7.15. The fourth-order valence-electron chi connectivity index (χ4n) is 2.68. The van der Waals surface area contributed by atoms with E-state index in [4.69, 9.17) is 17.3 Å². The Kier molecular flexibility index (Phi) is 5.42. The van der Waals surface area contributed by atoms with Crippen LogP contribution in [0.5, 0.6) is 0 Å². The molecule has 18 heavy (non-hydrogen) atoms. The maximum atomic E-state index is 5.98. The van der Waals surface area contributed by atoms with Crippen molar-refractivity contribution in [1.82, 2.24) is 9.88 Å². The van der Waals surface area contributed by atoms with Crippen molar-refractivity contribution in [2.45, 2.75) is 57.7 Å². The lowest BCUT2D eigenvalue weighted by atomic mass is 9.90. The number of hydrogen-bond donors (Lipinski definition) is 1. The van der Waals surface area contributed by atoms with Crippen LogP contribution >= 0.6 is 22.9 Å². The van der Waals surface area contributed by atoms with E-state index in [0.29, 0.717) is 12.1 Å². The zero-order valence-electron chi connectivity index (χ0n) is 10.9. The first kappa shape index (κ1) is 14.3. The van der Waals surface area contributed by atoms with Crippen LogP contribution in [-0.4, -0.2) is 28.5 Å². The molecule has 102 valence electrons. The van der Waals surface area contributed by atoms with Crippen molar-refractivity contribution in [3.05, 3.63) is 15.5 Å². The van der Waals surface area contributed by atoms with Crippen LogP contribution in [0.4, 0.5) is 0 Å². The van der Waals surface area contributed by atoms with Gasteiger partial charge in [0.25, 0.3) is 0 Å². The molecule has 1 aromatic heterocycles. The third-order valence-electron chi connectivity index (χ3n) is 3.63. The molecule has 1 aliphatic carbocycles. The molecule has 1 saturated carbocycles. The molecule has 0 spiro atoms. The first-order valence-electron chi connectivity index (χ1n) is 6.79. The Hall–Kier alpha value is -0.160. The molecule has 0 saturated heterocycles. The zero-order chi connectivity index (χ0) is 13.0. The Bertz CT molecular complexity index is 361.